The molecule has 0 amide bonds. The zero-order valence-corrected chi connectivity index (χ0v) is 14.4. The van der Waals surface area contributed by atoms with Crippen LogP contribution in [0.5, 0.6) is 5.75 Å². The van der Waals surface area contributed by atoms with E-state index in [0.29, 0.717) is 0 Å². The molecule has 1 aromatic heterocycles. The van der Waals surface area contributed by atoms with E-state index < -0.39 is 0 Å². The number of para-hydroxylation sites is 1. The lowest BCUT2D eigenvalue weighted by atomic mass is 10.3. The first-order chi connectivity index (χ1) is 11.7. The van der Waals surface area contributed by atoms with Gasteiger partial charge in [-0.05, 0) is 24.3 Å². The molecule has 1 fully saturated rings. The van der Waals surface area contributed by atoms with Gasteiger partial charge in [0.05, 0.1) is 0 Å². The van der Waals surface area contributed by atoms with Crippen molar-refractivity contribution in [2.75, 3.05) is 63.2 Å². The van der Waals surface area contributed by atoms with Gasteiger partial charge in [-0.15, -0.1) is 10.2 Å². The van der Waals surface area contributed by atoms with E-state index in [4.69, 9.17) is 4.74 Å². The van der Waals surface area contributed by atoms with Crippen molar-refractivity contribution in [1.82, 2.24) is 15.1 Å². The fourth-order valence-corrected chi connectivity index (χ4v) is 2.74. The van der Waals surface area contributed by atoms with Gasteiger partial charge in [-0.3, -0.25) is 4.90 Å². The van der Waals surface area contributed by atoms with Crippen LogP contribution in [0.3, 0.4) is 0 Å². The Balaban J connectivity index is 1.42. The Kier molecular flexibility index (Phi) is 5.48. The molecule has 0 saturated carbocycles. The molecular formula is C18H25N5O. The van der Waals surface area contributed by atoms with E-state index in [1.807, 2.05) is 55.4 Å². The predicted molar refractivity (Wildman–Crippen MR) is 96.9 cm³/mol. The van der Waals surface area contributed by atoms with Crippen LogP contribution in [-0.2, 0) is 0 Å². The summed E-state index contributed by atoms with van der Waals surface area (Å²) in [5.41, 5.74) is 0. The second-order valence-electron chi connectivity index (χ2n) is 6.13. The average molecular weight is 327 g/mol. The van der Waals surface area contributed by atoms with Gasteiger partial charge < -0.3 is 14.5 Å². The van der Waals surface area contributed by atoms with E-state index in [1.54, 1.807) is 0 Å². The molecule has 1 aromatic carbocycles. The summed E-state index contributed by atoms with van der Waals surface area (Å²) in [7, 11) is 3.94. The van der Waals surface area contributed by atoms with E-state index in [1.165, 1.54) is 0 Å². The average Bonchev–Trinajstić information content (AvgIpc) is 2.63. The molecule has 2 heterocycles. The highest BCUT2D eigenvalue weighted by molar-refractivity contribution is 5.44. The molecule has 0 spiro atoms. The Morgan fingerprint density at radius 1 is 0.958 bits per heavy atom. The fraction of sp³-hybridized carbons (Fsp3) is 0.444. The summed E-state index contributed by atoms with van der Waals surface area (Å²) in [5, 5.41) is 8.60. The van der Waals surface area contributed by atoms with Crippen molar-refractivity contribution in [1.29, 1.82) is 0 Å². The summed E-state index contributed by atoms with van der Waals surface area (Å²) in [6.07, 6.45) is 0. The van der Waals surface area contributed by atoms with Crippen LogP contribution in [-0.4, -0.2) is 68.5 Å². The van der Waals surface area contributed by atoms with E-state index in [-0.39, 0.29) is 0 Å². The zero-order chi connectivity index (χ0) is 16.8. The van der Waals surface area contributed by atoms with Crippen molar-refractivity contribution < 1.29 is 4.74 Å². The van der Waals surface area contributed by atoms with E-state index in [0.717, 1.165) is 56.7 Å². The largest absolute Gasteiger partial charge is 0.492 e. The van der Waals surface area contributed by atoms with E-state index in [9.17, 15) is 0 Å². The van der Waals surface area contributed by atoms with Crippen molar-refractivity contribution in [2.24, 2.45) is 0 Å². The van der Waals surface area contributed by atoms with Crippen LogP contribution in [0.15, 0.2) is 42.5 Å². The summed E-state index contributed by atoms with van der Waals surface area (Å²) < 4.78 is 5.77. The van der Waals surface area contributed by atoms with Gasteiger partial charge >= 0.3 is 0 Å². The molecule has 2 aromatic rings. The van der Waals surface area contributed by atoms with Crippen LogP contribution in [0.4, 0.5) is 11.6 Å². The minimum absolute atomic E-state index is 0.724. The molecule has 6 heteroatoms. The molecule has 1 aliphatic rings. The summed E-state index contributed by atoms with van der Waals surface area (Å²) in [5.74, 6) is 2.78. The van der Waals surface area contributed by atoms with Crippen LogP contribution in [0.25, 0.3) is 0 Å². The van der Waals surface area contributed by atoms with Gasteiger partial charge in [0.1, 0.15) is 12.4 Å². The normalized spacial score (nSPS) is 15.3. The number of nitrogens with zero attached hydrogens (tertiary/aromatic N) is 5. The van der Waals surface area contributed by atoms with Crippen molar-refractivity contribution >= 4 is 11.6 Å². The number of piperazine rings is 1. The summed E-state index contributed by atoms with van der Waals surface area (Å²) in [6, 6.07) is 14.0. The lowest BCUT2D eigenvalue weighted by molar-refractivity contribution is 0.200. The SMILES string of the molecule is CN(C)c1ccc(N2CCN(CCOc3ccccc3)CC2)nn1. The maximum absolute atomic E-state index is 5.77. The quantitative estimate of drug-likeness (QED) is 0.805. The lowest BCUT2D eigenvalue weighted by Gasteiger charge is -2.35. The Labute approximate surface area is 143 Å². The van der Waals surface area contributed by atoms with Gasteiger partial charge in [-0.25, -0.2) is 0 Å². The number of rotatable bonds is 6. The fourth-order valence-electron chi connectivity index (χ4n) is 2.74. The number of anilines is 2. The van der Waals surface area contributed by atoms with Crippen LogP contribution in [0.1, 0.15) is 0 Å². The second-order valence-corrected chi connectivity index (χ2v) is 6.13. The Morgan fingerprint density at radius 2 is 1.71 bits per heavy atom. The first kappa shape index (κ1) is 16.5. The summed E-state index contributed by atoms with van der Waals surface area (Å²) in [4.78, 5) is 6.68. The second kappa shape index (κ2) is 7.97. The molecule has 0 atom stereocenters. The minimum atomic E-state index is 0.724. The Morgan fingerprint density at radius 3 is 2.33 bits per heavy atom. The molecule has 0 unspecified atom stereocenters. The first-order valence-corrected chi connectivity index (χ1v) is 8.38. The number of hydrogen-bond acceptors (Lipinski definition) is 6. The number of benzene rings is 1. The van der Waals surface area contributed by atoms with E-state index >= 15 is 0 Å². The van der Waals surface area contributed by atoms with E-state index in [2.05, 4.69) is 26.1 Å². The molecule has 128 valence electrons. The van der Waals surface area contributed by atoms with Crippen molar-refractivity contribution in [3.63, 3.8) is 0 Å². The molecular weight excluding hydrogens is 302 g/mol. The third-order valence-electron chi connectivity index (χ3n) is 4.21. The minimum Gasteiger partial charge on any atom is -0.492 e. The highest BCUT2D eigenvalue weighted by atomic mass is 16.5. The molecule has 24 heavy (non-hydrogen) atoms. The van der Waals surface area contributed by atoms with Crippen LogP contribution >= 0.6 is 0 Å². The smallest absolute Gasteiger partial charge is 0.151 e. The molecule has 0 N–H and O–H groups in total. The molecule has 0 bridgehead atoms. The Bertz CT molecular complexity index is 609. The van der Waals surface area contributed by atoms with Gasteiger partial charge in [0.2, 0.25) is 0 Å². The standard InChI is InChI=1S/C18H25N5O/c1-21(2)17-8-9-18(20-19-17)23-12-10-22(11-13-23)14-15-24-16-6-4-3-5-7-16/h3-9H,10-15H2,1-2H3. The molecule has 0 radical (unpaired) electrons. The van der Waals surface area contributed by atoms with Crippen molar-refractivity contribution in [2.45, 2.75) is 0 Å². The molecule has 1 aliphatic heterocycles. The van der Waals surface area contributed by atoms with Gasteiger partial charge in [0.25, 0.3) is 0 Å². The predicted octanol–water partition coefficient (Wildman–Crippen LogP) is 1.74. The van der Waals surface area contributed by atoms with Crippen molar-refractivity contribution in [3.8, 4) is 5.75 Å². The monoisotopic (exact) mass is 327 g/mol. The number of ether oxygens (including phenoxy) is 1. The third kappa shape index (κ3) is 4.35. The highest BCUT2D eigenvalue weighted by Crippen LogP contribution is 2.15. The first-order valence-electron chi connectivity index (χ1n) is 8.38. The topological polar surface area (TPSA) is 44.7 Å². The van der Waals surface area contributed by atoms with Crippen LogP contribution in [0, 0.1) is 0 Å². The lowest BCUT2D eigenvalue weighted by Crippen LogP contribution is -2.47. The maximum atomic E-state index is 5.77. The number of aromatic nitrogens is 2. The molecule has 3 rings (SSSR count). The maximum Gasteiger partial charge on any atom is 0.151 e. The molecule has 6 nitrogen and oxygen atoms in total. The molecule has 0 aliphatic carbocycles. The summed E-state index contributed by atoms with van der Waals surface area (Å²) >= 11 is 0. The Hall–Kier alpha value is -2.34. The van der Waals surface area contributed by atoms with Gasteiger partial charge in [-0.2, -0.15) is 0 Å². The van der Waals surface area contributed by atoms with Crippen LogP contribution < -0.4 is 14.5 Å². The zero-order valence-electron chi connectivity index (χ0n) is 14.4. The highest BCUT2D eigenvalue weighted by Gasteiger charge is 2.18. The van der Waals surface area contributed by atoms with Gasteiger partial charge in [0.15, 0.2) is 11.6 Å². The molecule has 1 saturated heterocycles. The van der Waals surface area contributed by atoms with Crippen molar-refractivity contribution in [3.05, 3.63) is 42.5 Å². The summed E-state index contributed by atoms with van der Waals surface area (Å²) in [6.45, 7) is 5.67. The van der Waals surface area contributed by atoms with Gasteiger partial charge in [-0.1, -0.05) is 18.2 Å². The number of hydrogen-bond donors (Lipinski definition) is 0. The van der Waals surface area contributed by atoms with Crippen LogP contribution in [0.2, 0.25) is 0 Å². The third-order valence-corrected chi connectivity index (χ3v) is 4.21. The van der Waals surface area contributed by atoms with Gasteiger partial charge in [0, 0.05) is 46.8 Å².